The van der Waals surface area contributed by atoms with Crippen LogP contribution in [0.4, 0.5) is 5.69 Å². The maximum atomic E-state index is 12.3. The Hall–Kier alpha value is -2.32. The summed E-state index contributed by atoms with van der Waals surface area (Å²) >= 11 is 1.62. The van der Waals surface area contributed by atoms with Crippen LogP contribution in [0, 0.1) is 11.3 Å². The Labute approximate surface area is 134 Å². The van der Waals surface area contributed by atoms with Crippen molar-refractivity contribution in [2.24, 2.45) is 0 Å². The monoisotopic (exact) mass is 311 g/mol. The molecular weight excluding hydrogens is 294 g/mol. The fourth-order valence-electron chi connectivity index (χ4n) is 2.71. The number of benzene rings is 1. The molecule has 1 amide bonds. The molecule has 1 aromatic heterocycles. The van der Waals surface area contributed by atoms with Gasteiger partial charge in [-0.25, -0.2) is 0 Å². The van der Waals surface area contributed by atoms with Gasteiger partial charge >= 0.3 is 0 Å². The van der Waals surface area contributed by atoms with E-state index in [0.29, 0.717) is 25.1 Å². The van der Waals surface area contributed by atoms with Gasteiger partial charge in [-0.15, -0.1) is 11.3 Å². The van der Waals surface area contributed by atoms with Crippen molar-refractivity contribution in [2.45, 2.75) is 6.42 Å². The SMILES string of the molecule is N#Cc1ccccc1N1CCN(C(=O)Cc2cccs2)CC1. The van der Waals surface area contributed by atoms with Crippen LogP contribution >= 0.6 is 11.3 Å². The lowest BCUT2D eigenvalue weighted by Gasteiger charge is -2.36. The summed E-state index contributed by atoms with van der Waals surface area (Å²) in [6, 6.07) is 13.9. The first kappa shape index (κ1) is 14.6. The highest BCUT2D eigenvalue weighted by atomic mass is 32.1. The third-order valence-corrected chi connectivity index (χ3v) is 4.78. The molecule has 1 saturated heterocycles. The van der Waals surface area contributed by atoms with Crippen molar-refractivity contribution in [3.63, 3.8) is 0 Å². The van der Waals surface area contributed by atoms with Gasteiger partial charge in [0.15, 0.2) is 0 Å². The molecule has 1 aliphatic heterocycles. The van der Waals surface area contributed by atoms with Crippen molar-refractivity contribution >= 4 is 22.9 Å². The molecule has 22 heavy (non-hydrogen) atoms. The van der Waals surface area contributed by atoms with E-state index < -0.39 is 0 Å². The minimum atomic E-state index is 0.190. The van der Waals surface area contributed by atoms with Crippen molar-refractivity contribution < 1.29 is 4.79 Å². The van der Waals surface area contributed by atoms with Crippen LogP contribution in [0.25, 0.3) is 0 Å². The summed E-state index contributed by atoms with van der Waals surface area (Å²) in [6.07, 6.45) is 0.493. The van der Waals surface area contributed by atoms with Gasteiger partial charge in [0.25, 0.3) is 0 Å². The number of carbonyl (C=O) groups excluding carboxylic acids is 1. The zero-order valence-electron chi connectivity index (χ0n) is 12.2. The molecule has 1 fully saturated rings. The number of hydrogen-bond donors (Lipinski definition) is 0. The molecule has 4 nitrogen and oxygen atoms in total. The highest BCUT2D eigenvalue weighted by Gasteiger charge is 2.22. The summed E-state index contributed by atoms with van der Waals surface area (Å²) < 4.78 is 0. The summed E-state index contributed by atoms with van der Waals surface area (Å²) in [7, 11) is 0. The van der Waals surface area contributed by atoms with E-state index in [0.717, 1.165) is 23.7 Å². The first-order valence-electron chi connectivity index (χ1n) is 7.32. The van der Waals surface area contributed by atoms with Gasteiger partial charge in [-0.2, -0.15) is 5.26 Å². The molecule has 2 heterocycles. The largest absolute Gasteiger partial charge is 0.367 e. The predicted octanol–water partition coefficient (Wildman–Crippen LogP) is 2.51. The van der Waals surface area contributed by atoms with E-state index in [9.17, 15) is 10.1 Å². The molecule has 3 rings (SSSR count). The van der Waals surface area contributed by atoms with Crippen LogP contribution in [-0.2, 0) is 11.2 Å². The van der Waals surface area contributed by atoms with Crippen LogP contribution in [0.15, 0.2) is 41.8 Å². The summed E-state index contributed by atoms with van der Waals surface area (Å²) in [5.41, 5.74) is 1.66. The summed E-state index contributed by atoms with van der Waals surface area (Å²) in [5, 5.41) is 11.2. The van der Waals surface area contributed by atoms with Crippen LogP contribution in [-0.4, -0.2) is 37.0 Å². The average molecular weight is 311 g/mol. The van der Waals surface area contributed by atoms with Crippen LogP contribution in [0.3, 0.4) is 0 Å². The molecule has 0 spiro atoms. The topological polar surface area (TPSA) is 47.3 Å². The van der Waals surface area contributed by atoms with E-state index in [4.69, 9.17) is 0 Å². The van der Waals surface area contributed by atoms with Gasteiger partial charge in [-0.3, -0.25) is 4.79 Å². The van der Waals surface area contributed by atoms with E-state index in [1.165, 1.54) is 0 Å². The molecule has 5 heteroatoms. The smallest absolute Gasteiger partial charge is 0.227 e. The fourth-order valence-corrected chi connectivity index (χ4v) is 3.41. The van der Waals surface area contributed by atoms with Gasteiger partial charge in [-0.1, -0.05) is 18.2 Å². The first-order chi connectivity index (χ1) is 10.8. The Kier molecular flexibility index (Phi) is 4.40. The van der Waals surface area contributed by atoms with E-state index in [-0.39, 0.29) is 5.91 Å². The standard InChI is InChI=1S/C17H17N3OS/c18-13-14-4-1-2-6-16(14)19-7-9-20(10-8-19)17(21)12-15-5-3-11-22-15/h1-6,11H,7-10,12H2. The van der Waals surface area contributed by atoms with E-state index in [2.05, 4.69) is 11.0 Å². The van der Waals surface area contributed by atoms with E-state index >= 15 is 0 Å². The highest BCUT2D eigenvalue weighted by molar-refractivity contribution is 7.10. The maximum Gasteiger partial charge on any atom is 0.227 e. The van der Waals surface area contributed by atoms with Gasteiger partial charge in [0.05, 0.1) is 17.7 Å². The Balaban J connectivity index is 1.60. The second kappa shape index (κ2) is 6.63. The van der Waals surface area contributed by atoms with E-state index in [1.54, 1.807) is 11.3 Å². The Bertz CT molecular complexity index is 682. The van der Waals surface area contributed by atoms with Crippen LogP contribution in [0.2, 0.25) is 0 Å². The molecule has 0 saturated carbocycles. The normalized spacial score (nSPS) is 14.7. The second-order valence-electron chi connectivity index (χ2n) is 5.25. The molecule has 0 unspecified atom stereocenters. The van der Waals surface area contributed by atoms with Crippen LogP contribution in [0.1, 0.15) is 10.4 Å². The number of carbonyl (C=O) groups is 1. The quantitative estimate of drug-likeness (QED) is 0.875. The fraction of sp³-hybridized carbons (Fsp3) is 0.294. The minimum Gasteiger partial charge on any atom is -0.367 e. The van der Waals surface area contributed by atoms with Crippen molar-refractivity contribution in [1.82, 2.24) is 4.90 Å². The molecule has 0 radical (unpaired) electrons. The van der Waals surface area contributed by atoms with Gasteiger partial charge in [-0.05, 0) is 23.6 Å². The minimum absolute atomic E-state index is 0.190. The number of piperazine rings is 1. The highest BCUT2D eigenvalue weighted by Crippen LogP contribution is 2.21. The lowest BCUT2D eigenvalue weighted by atomic mass is 10.1. The summed E-state index contributed by atoms with van der Waals surface area (Å²) in [5.74, 6) is 0.190. The first-order valence-corrected chi connectivity index (χ1v) is 8.20. The van der Waals surface area contributed by atoms with Gasteiger partial charge in [0.2, 0.25) is 5.91 Å². The van der Waals surface area contributed by atoms with Gasteiger partial charge in [0, 0.05) is 31.1 Å². The molecule has 2 aromatic rings. The molecular formula is C17H17N3OS. The number of rotatable bonds is 3. The number of anilines is 1. The third-order valence-electron chi connectivity index (χ3n) is 3.90. The zero-order chi connectivity index (χ0) is 15.4. The van der Waals surface area contributed by atoms with Crippen molar-refractivity contribution in [1.29, 1.82) is 5.26 Å². The predicted molar refractivity (Wildman–Crippen MR) is 88.0 cm³/mol. The van der Waals surface area contributed by atoms with Crippen molar-refractivity contribution in [3.8, 4) is 6.07 Å². The zero-order valence-corrected chi connectivity index (χ0v) is 13.1. The third kappa shape index (κ3) is 3.12. The molecule has 0 atom stereocenters. The Morgan fingerprint density at radius 1 is 1.14 bits per heavy atom. The second-order valence-corrected chi connectivity index (χ2v) is 6.29. The molecule has 1 aliphatic rings. The van der Waals surface area contributed by atoms with Crippen LogP contribution in [0.5, 0.6) is 0 Å². The molecule has 0 aliphatic carbocycles. The maximum absolute atomic E-state index is 12.3. The van der Waals surface area contributed by atoms with E-state index in [1.807, 2.05) is 46.7 Å². The van der Waals surface area contributed by atoms with Gasteiger partial charge in [0.1, 0.15) is 6.07 Å². The average Bonchev–Trinajstić information content (AvgIpc) is 3.08. The van der Waals surface area contributed by atoms with Gasteiger partial charge < -0.3 is 9.80 Å². The Morgan fingerprint density at radius 2 is 1.91 bits per heavy atom. The van der Waals surface area contributed by atoms with Crippen LogP contribution < -0.4 is 4.90 Å². The number of hydrogen-bond acceptors (Lipinski definition) is 4. The summed E-state index contributed by atoms with van der Waals surface area (Å²) in [4.78, 5) is 17.5. The Morgan fingerprint density at radius 3 is 2.59 bits per heavy atom. The molecule has 112 valence electrons. The number of para-hydroxylation sites is 1. The lowest BCUT2D eigenvalue weighted by Crippen LogP contribution is -2.49. The molecule has 0 N–H and O–H groups in total. The number of nitriles is 1. The van der Waals surface area contributed by atoms with Crippen molar-refractivity contribution in [3.05, 3.63) is 52.2 Å². The number of thiophene rings is 1. The molecule has 0 bridgehead atoms. The summed E-state index contributed by atoms with van der Waals surface area (Å²) in [6.45, 7) is 2.97. The lowest BCUT2D eigenvalue weighted by molar-refractivity contribution is -0.130. The number of amides is 1. The number of nitrogens with zero attached hydrogens (tertiary/aromatic N) is 3. The molecule has 1 aromatic carbocycles. The van der Waals surface area contributed by atoms with Crippen molar-refractivity contribution in [2.75, 3.05) is 31.1 Å².